The lowest BCUT2D eigenvalue weighted by atomic mass is 10.2. The number of benzene rings is 1. The van der Waals surface area contributed by atoms with Crippen LogP contribution in [0, 0.1) is 22.0 Å². The van der Waals surface area contributed by atoms with Crippen LogP contribution in [-0.4, -0.2) is 9.78 Å². The third-order valence-corrected chi connectivity index (χ3v) is 3.70. The quantitative estimate of drug-likeness (QED) is 0.576. The highest BCUT2D eigenvalue weighted by atomic mass is 35.5. The molecule has 0 radical (unpaired) electrons. The van der Waals surface area contributed by atoms with Crippen molar-refractivity contribution in [3.8, 4) is 17.2 Å². The zero-order valence-electron chi connectivity index (χ0n) is 10.3. The van der Waals surface area contributed by atoms with Crippen LogP contribution in [0.25, 0.3) is 5.69 Å². The predicted octanol–water partition coefficient (Wildman–Crippen LogP) is 4.64. The van der Waals surface area contributed by atoms with Crippen LogP contribution in [-0.2, 0) is 6.18 Å². The van der Waals surface area contributed by atoms with Crippen molar-refractivity contribution in [1.82, 2.24) is 9.78 Å². The second-order valence-corrected chi connectivity index (χ2v) is 5.52. The Kier molecular flexibility index (Phi) is 4.57. The molecule has 0 bridgehead atoms. The first-order valence-corrected chi connectivity index (χ1v) is 6.97. The molecule has 0 amide bonds. The third-order valence-electron chi connectivity index (χ3n) is 2.52. The summed E-state index contributed by atoms with van der Waals surface area (Å²) in [6.45, 7) is 0. The van der Waals surface area contributed by atoms with Crippen molar-refractivity contribution in [2.75, 3.05) is 0 Å². The molecule has 4 nitrogen and oxygen atoms in total. The summed E-state index contributed by atoms with van der Waals surface area (Å²) in [6, 6.07) is 3.21. The molecule has 0 aliphatic heterocycles. The lowest BCUT2D eigenvalue weighted by Crippen LogP contribution is -2.07. The number of rotatable bonds is 2. The second kappa shape index (κ2) is 6.09. The van der Waals surface area contributed by atoms with E-state index < -0.39 is 11.7 Å². The highest BCUT2D eigenvalue weighted by Gasteiger charge is 2.32. The standard InChI is InChI=1S/C12H3Cl2F3N4S/c13-7-1-6(12(15,16)17)2-8(14)11(7)21-4-10(22-5-19)9(3-18)20-21/h1-2,4H. The maximum atomic E-state index is 12.7. The third kappa shape index (κ3) is 3.14. The van der Waals surface area contributed by atoms with Gasteiger partial charge in [0.1, 0.15) is 17.2 Å². The van der Waals surface area contributed by atoms with Crippen molar-refractivity contribution in [3.63, 3.8) is 0 Å². The molecule has 1 heterocycles. The molecule has 2 rings (SSSR count). The smallest absolute Gasteiger partial charge is 0.235 e. The van der Waals surface area contributed by atoms with Crippen molar-refractivity contribution >= 4 is 35.0 Å². The van der Waals surface area contributed by atoms with Crippen LogP contribution in [0.1, 0.15) is 11.3 Å². The molecule has 0 aliphatic rings. The Bertz CT molecular complexity index is 794. The number of nitrogens with zero attached hydrogens (tertiary/aromatic N) is 4. The molecule has 22 heavy (non-hydrogen) atoms. The van der Waals surface area contributed by atoms with Gasteiger partial charge in [-0.2, -0.15) is 28.8 Å². The number of alkyl halides is 3. The fraction of sp³-hybridized carbons (Fsp3) is 0.0833. The lowest BCUT2D eigenvalue weighted by Gasteiger charge is -2.12. The first kappa shape index (κ1) is 16.5. The van der Waals surface area contributed by atoms with Crippen molar-refractivity contribution in [2.24, 2.45) is 0 Å². The van der Waals surface area contributed by atoms with E-state index in [0.29, 0.717) is 23.9 Å². The number of aromatic nitrogens is 2. The maximum absolute atomic E-state index is 12.7. The topological polar surface area (TPSA) is 65.4 Å². The SMILES string of the molecule is N#CSc1cn(-c2c(Cl)cc(C(F)(F)F)cc2Cl)nc1C#N. The van der Waals surface area contributed by atoms with Crippen LogP contribution >= 0.6 is 35.0 Å². The Labute approximate surface area is 136 Å². The molecule has 0 spiro atoms. The molecule has 1 aromatic heterocycles. The van der Waals surface area contributed by atoms with Gasteiger partial charge in [-0.25, -0.2) is 4.68 Å². The second-order valence-electron chi connectivity index (χ2n) is 3.88. The van der Waals surface area contributed by atoms with Gasteiger partial charge < -0.3 is 0 Å². The van der Waals surface area contributed by atoms with E-state index in [1.807, 2.05) is 0 Å². The monoisotopic (exact) mass is 362 g/mol. The zero-order chi connectivity index (χ0) is 16.5. The Hall–Kier alpha value is -1.87. The minimum Gasteiger partial charge on any atom is -0.235 e. The number of halogens is 5. The van der Waals surface area contributed by atoms with Gasteiger partial charge in [0.05, 0.1) is 20.5 Å². The fourth-order valence-corrected chi connectivity index (χ4v) is 2.72. The average Bonchev–Trinajstić information content (AvgIpc) is 2.80. The molecule has 0 unspecified atom stereocenters. The van der Waals surface area contributed by atoms with Crippen LogP contribution in [0.4, 0.5) is 13.2 Å². The van der Waals surface area contributed by atoms with Gasteiger partial charge in [-0.1, -0.05) is 23.2 Å². The molecular weight excluding hydrogens is 360 g/mol. The van der Waals surface area contributed by atoms with Gasteiger partial charge in [-0.3, -0.25) is 0 Å². The summed E-state index contributed by atoms with van der Waals surface area (Å²) in [5.41, 5.74) is -1.05. The summed E-state index contributed by atoms with van der Waals surface area (Å²) in [6.07, 6.45) is -3.29. The molecule has 2 aromatic rings. The molecule has 1 aromatic carbocycles. The summed E-state index contributed by atoms with van der Waals surface area (Å²) in [5.74, 6) is 0. The Morgan fingerprint density at radius 3 is 2.23 bits per heavy atom. The Morgan fingerprint density at radius 1 is 1.18 bits per heavy atom. The van der Waals surface area contributed by atoms with E-state index in [-0.39, 0.29) is 26.3 Å². The molecule has 0 N–H and O–H groups in total. The maximum Gasteiger partial charge on any atom is 0.416 e. The van der Waals surface area contributed by atoms with E-state index >= 15 is 0 Å². The molecule has 0 aliphatic carbocycles. The fourth-order valence-electron chi connectivity index (χ4n) is 1.62. The van der Waals surface area contributed by atoms with Gasteiger partial charge >= 0.3 is 6.18 Å². The molecule has 0 atom stereocenters. The van der Waals surface area contributed by atoms with Gasteiger partial charge in [-0.05, 0) is 23.9 Å². The zero-order valence-corrected chi connectivity index (χ0v) is 12.6. The molecule has 0 saturated heterocycles. The molecule has 112 valence electrons. The summed E-state index contributed by atoms with van der Waals surface area (Å²) in [4.78, 5) is 0.247. The number of hydrogen-bond acceptors (Lipinski definition) is 4. The molecular formula is C12H3Cl2F3N4S. The van der Waals surface area contributed by atoms with E-state index in [0.717, 1.165) is 4.68 Å². The lowest BCUT2D eigenvalue weighted by molar-refractivity contribution is -0.137. The first-order chi connectivity index (χ1) is 10.3. The number of thioether (sulfide) groups is 1. The van der Waals surface area contributed by atoms with E-state index in [1.54, 1.807) is 11.5 Å². The van der Waals surface area contributed by atoms with Crippen LogP contribution in [0.3, 0.4) is 0 Å². The van der Waals surface area contributed by atoms with E-state index in [2.05, 4.69) is 5.10 Å². The summed E-state index contributed by atoms with van der Waals surface area (Å²) < 4.78 is 39.1. The average molecular weight is 363 g/mol. The molecule has 10 heteroatoms. The number of hydrogen-bond donors (Lipinski definition) is 0. The molecule has 0 fully saturated rings. The van der Waals surface area contributed by atoms with Gasteiger partial charge in [0.15, 0.2) is 5.69 Å². The largest absolute Gasteiger partial charge is 0.416 e. The van der Waals surface area contributed by atoms with Gasteiger partial charge in [0.25, 0.3) is 0 Å². The van der Waals surface area contributed by atoms with Crippen LogP contribution in [0.2, 0.25) is 10.0 Å². The molecule has 0 saturated carbocycles. The van der Waals surface area contributed by atoms with E-state index in [1.165, 1.54) is 6.20 Å². The van der Waals surface area contributed by atoms with E-state index in [9.17, 15) is 13.2 Å². The number of nitriles is 2. The Balaban J connectivity index is 2.60. The Morgan fingerprint density at radius 2 is 1.77 bits per heavy atom. The van der Waals surface area contributed by atoms with Crippen molar-refractivity contribution in [3.05, 3.63) is 39.6 Å². The van der Waals surface area contributed by atoms with E-state index in [4.69, 9.17) is 33.7 Å². The first-order valence-electron chi connectivity index (χ1n) is 5.40. The summed E-state index contributed by atoms with van der Waals surface area (Å²) in [5, 5.41) is 22.7. The normalized spacial score (nSPS) is 11.0. The predicted molar refractivity (Wildman–Crippen MR) is 74.8 cm³/mol. The van der Waals surface area contributed by atoms with Crippen molar-refractivity contribution < 1.29 is 13.2 Å². The van der Waals surface area contributed by atoms with Gasteiger partial charge in [0.2, 0.25) is 0 Å². The van der Waals surface area contributed by atoms with Crippen LogP contribution in [0.15, 0.2) is 23.2 Å². The van der Waals surface area contributed by atoms with Crippen molar-refractivity contribution in [1.29, 1.82) is 10.5 Å². The van der Waals surface area contributed by atoms with Crippen LogP contribution in [0.5, 0.6) is 0 Å². The minimum atomic E-state index is -4.59. The highest BCUT2D eigenvalue weighted by molar-refractivity contribution is 8.03. The summed E-state index contributed by atoms with van der Waals surface area (Å²) >= 11 is 12.4. The summed E-state index contributed by atoms with van der Waals surface area (Å²) in [7, 11) is 0. The number of thiocyanates is 1. The van der Waals surface area contributed by atoms with Gasteiger partial charge in [-0.15, -0.1) is 0 Å². The highest BCUT2D eigenvalue weighted by Crippen LogP contribution is 2.37. The van der Waals surface area contributed by atoms with Gasteiger partial charge in [0, 0.05) is 6.20 Å². The van der Waals surface area contributed by atoms with Crippen LogP contribution < -0.4 is 0 Å². The minimum absolute atomic E-state index is 0.00220. The van der Waals surface area contributed by atoms with Crippen molar-refractivity contribution in [2.45, 2.75) is 11.1 Å².